The molecule has 132 valence electrons. The average Bonchev–Trinajstić information content (AvgIpc) is 2.91. The van der Waals surface area contributed by atoms with Crippen molar-refractivity contribution >= 4 is 32.5 Å². The number of nitrogens with zero attached hydrogens (tertiary/aromatic N) is 1. The van der Waals surface area contributed by atoms with E-state index in [9.17, 15) is 8.42 Å². The Bertz CT molecular complexity index is 845. The Hall–Kier alpha value is -1.11. The zero-order valence-corrected chi connectivity index (χ0v) is 15.7. The molecule has 1 aliphatic heterocycles. The number of oxazole rings is 1. The first-order chi connectivity index (χ1) is 11.2. The highest BCUT2D eigenvalue weighted by Gasteiger charge is 2.30. The van der Waals surface area contributed by atoms with Gasteiger partial charge >= 0.3 is 0 Å². The number of hydrogen-bond donors (Lipinski definition) is 0. The summed E-state index contributed by atoms with van der Waals surface area (Å²) in [5, 5.41) is 0.186. The summed E-state index contributed by atoms with van der Waals surface area (Å²) >= 11 is 6.24. The molecule has 1 aromatic carbocycles. The molecule has 0 aliphatic carbocycles. The van der Waals surface area contributed by atoms with Gasteiger partial charge in [0, 0.05) is 18.6 Å². The molecule has 0 N–H and O–H groups in total. The molecule has 24 heavy (non-hydrogen) atoms. The van der Waals surface area contributed by atoms with Crippen molar-refractivity contribution in [2.45, 2.75) is 43.9 Å². The lowest BCUT2D eigenvalue weighted by Gasteiger charge is -2.21. The van der Waals surface area contributed by atoms with Crippen molar-refractivity contribution in [3.05, 3.63) is 23.0 Å². The van der Waals surface area contributed by atoms with Gasteiger partial charge in [0.2, 0.25) is 5.89 Å². The van der Waals surface area contributed by atoms with E-state index in [0.29, 0.717) is 24.6 Å². The molecule has 0 saturated carbocycles. The van der Waals surface area contributed by atoms with E-state index in [0.717, 1.165) is 12.8 Å². The Balaban J connectivity index is 2.06. The number of halogens is 1. The smallest absolute Gasteiger partial charge is 0.200 e. The number of aromatic nitrogens is 1. The van der Waals surface area contributed by atoms with E-state index in [1.807, 2.05) is 20.8 Å². The lowest BCUT2D eigenvalue weighted by molar-refractivity contribution is 0.0723. The molecule has 1 aromatic heterocycles. The van der Waals surface area contributed by atoms with Gasteiger partial charge in [0.1, 0.15) is 10.4 Å². The van der Waals surface area contributed by atoms with Crippen LogP contribution in [0.1, 0.15) is 39.5 Å². The molecule has 1 saturated heterocycles. The van der Waals surface area contributed by atoms with E-state index in [1.165, 1.54) is 0 Å². The quantitative estimate of drug-likeness (QED) is 0.816. The molecule has 0 radical (unpaired) electrons. The van der Waals surface area contributed by atoms with Crippen LogP contribution in [-0.2, 0) is 20.0 Å². The lowest BCUT2D eigenvalue weighted by Crippen LogP contribution is -2.23. The molecular weight excluding hydrogens is 350 g/mol. The Morgan fingerprint density at radius 2 is 1.92 bits per heavy atom. The van der Waals surface area contributed by atoms with Gasteiger partial charge in [-0.25, -0.2) is 13.4 Å². The normalized spacial score (nSPS) is 17.5. The van der Waals surface area contributed by atoms with Crippen LogP contribution in [0.15, 0.2) is 21.4 Å². The second-order valence-corrected chi connectivity index (χ2v) is 9.71. The molecule has 5 nitrogen and oxygen atoms in total. The molecule has 1 aliphatic rings. The van der Waals surface area contributed by atoms with Gasteiger partial charge in [-0.2, -0.15) is 0 Å². The third-order valence-electron chi connectivity index (χ3n) is 4.21. The number of rotatable bonds is 3. The highest BCUT2D eigenvalue weighted by atomic mass is 35.5. The highest BCUT2D eigenvalue weighted by Crippen LogP contribution is 2.35. The van der Waals surface area contributed by atoms with Crippen molar-refractivity contribution in [3.63, 3.8) is 0 Å². The standard InChI is InChI=1S/C17H22ClNO4S/c1-17(2,3)16-19-13-5-4-12(18)15(14(13)23-16)24(20,21)10-11-6-8-22-9-7-11/h4-5,11H,6-10H2,1-3H3. The summed E-state index contributed by atoms with van der Waals surface area (Å²) in [5.74, 6) is 0.642. The zero-order chi connectivity index (χ0) is 17.5. The fraction of sp³-hybridized carbons (Fsp3) is 0.588. The summed E-state index contributed by atoms with van der Waals surface area (Å²) < 4.78 is 37.1. The maximum atomic E-state index is 13.0. The van der Waals surface area contributed by atoms with Crippen LogP contribution in [0.4, 0.5) is 0 Å². The van der Waals surface area contributed by atoms with Gasteiger partial charge < -0.3 is 9.15 Å². The van der Waals surface area contributed by atoms with Crippen molar-refractivity contribution in [3.8, 4) is 0 Å². The Morgan fingerprint density at radius 3 is 2.54 bits per heavy atom. The van der Waals surface area contributed by atoms with Gasteiger partial charge in [-0.3, -0.25) is 0 Å². The molecule has 0 amide bonds. The van der Waals surface area contributed by atoms with Crippen LogP contribution >= 0.6 is 11.6 Å². The van der Waals surface area contributed by atoms with Crippen molar-refractivity contribution in [2.75, 3.05) is 19.0 Å². The van der Waals surface area contributed by atoms with Crippen LogP contribution in [0.3, 0.4) is 0 Å². The fourth-order valence-corrected chi connectivity index (χ4v) is 5.28. The summed E-state index contributed by atoms with van der Waals surface area (Å²) in [6.07, 6.45) is 1.49. The van der Waals surface area contributed by atoms with E-state index >= 15 is 0 Å². The highest BCUT2D eigenvalue weighted by molar-refractivity contribution is 7.91. The first-order valence-corrected chi connectivity index (χ1v) is 10.1. The molecule has 7 heteroatoms. The molecular formula is C17H22ClNO4S. The minimum Gasteiger partial charge on any atom is -0.439 e. The van der Waals surface area contributed by atoms with Crippen LogP contribution in [-0.4, -0.2) is 32.4 Å². The minimum atomic E-state index is -3.57. The summed E-state index contributed by atoms with van der Waals surface area (Å²) in [4.78, 5) is 4.50. The van der Waals surface area contributed by atoms with Crippen LogP contribution in [0.25, 0.3) is 11.1 Å². The van der Waals surface area contributed by atoms with Crippen LogP contribution in [0.2, 0.25) is 5.02 Å². The largest absolute Gasteiger partial charge is 0.439 e. The van der Waals surface area contributed by atoms with E-state index in [-0.39, 0.29) is 32.6 Å². The van der Waals surface area contributed by atoms with Gasteiger partial charge in [-0.05, 0) is 30.9 Å². The van der Waals surface area contributed by atoms with Gasteiger partial charge in [0.05, 0.1) is 10.8 Å². The summed E-state index contributed by atoms with van der Waals surface area (Å²) in [6, 6.07) is 3.28. The first kappa shape index (κ1) is 17.7. The van der Waals surface area contributed by atoms with Gasteiger partial charge in [-0.1, -0.05) is 32.4 Å². The Morgan fingerprint density at radius 1 is 1.25 bits per heavy atom. The van der Waals surface area contributed by atoms with Crippen molar-refractivity contribution in [1.82, 2.24) is 4.98 Å². The number of fused-ring (bicyclic) bond motifs is 1. The van der Waals surface area contributed by atoms with Crippen molar-refractivity contribution < 1.29 is 17.6 Å². The SMILES string of the molecule is CC(C)(C)c1nc2ccc(Cl)c(S(=O)(=O)CC3CCOCC3)c2o1. The Kier molecular flexibility index (Phi) is 4.66. The third-order valence-corrected chi connectivity index (χ3v) is 6.58. The molecule has 3 rings (SSSR count). The summed E-state index contributed by atoms with van der Waals surface area (Å²) in [5.41, 5.74) is 0.474. The molecule has 1 fully saturated rings. The second-order valence-electron chi connectivity index (χ2n) is 7.33. The average molecular weight is 372 g/mol. The maximum Gasteiger partial charge on any atom is 0.200 e. The van der Waals surface area contributed by atoms with Crippen LogP contribution in [0.5, 0.6) is 0 Å². The van der Waals surface area contributed by atoms with Crippen LogP contribution in [0, 0.1) is 5.92 Å². The van der Waals surface area contributed by atoms with E-state index in [4.69, 9.17) is 20.8 Å². The summed E-state index contributed by atoms with van der Waals surface area (Å²) in [7, 11) is -3.57. The van der Waals surface area contributed by atoms with Gasteiger partial charge in [0.15, 0.2) is 15.4 Å². The van der Waals surface area contributed by atoms with E-state index in [2.05, 4.69) is 4.98 Å². The fourth-order valence-electron chi connectivity index (χ4n) is 2.86. The molecule has 0 atom stereocenters. The topological polar surface area (TPSA) is 69.4 Å². The molecule has 0 unspecified atom stereocenters. The number of sulfone groups is 1. The van der Waals surface area contributed by atoms with Gasteiger partial charge in [-0.15, -0.1) is 0 Å². The maximum absolute atomic E-state index is 13.0. The molecule has 0 spiro atoms. The van der Waals surface area contributed by atoms with Gasteiger partial charge in [0.25, 0.3) is 0 Å². The first-order valence-electron chi connectivity index (χ1n) is 8.08. The van der Waals surface area contributed by atoms with Crippen molar-refractivity contribution in [1.29, 1.82) is 0 Å². The van der Waals surface area contributed by atoms with E-state index < -0.39 is 9.84 Å². The van der Waals surface area contributed by atoms with Crippen LogP contribution < -0.4 is 0 Å². The van der Waals surface area contributed by atoms with E-state index in [1.54, 1.807) is 12.1 Å². The number of ether oxygens (including phenoxy) is 1. The second kappa shape index (κ2) is 6.32. The predicted octanol–water partition coefficient (Wildman–Crippen LogP) is 3.98. The number of benzene rings is 1. The zero-order valence-electron chi connectivity index (χ0n) is 14.1. The molecule has 0 bridgehead atoms. The lowest BCUT2D eigenvalue weighted by atomic mass is 9.97. The number of hydrogen-bond acceptors (Lipinski definition) is 5. The minimum absolute atomic E-state index is 0.0563. The van der Waals surface area contributed by atoms with Crippen molar-refractivity contribution in [2.24, 2.45) is 5.92 Å². The summed E-state index contributed by atoms with van der Waals surface area (Å²) in [6.45, 7) is 7.11. The molecule has 2 heterocycles. The predicted molar refractivity (Wildman–Crippen MR) is 93.3 cm³/mol. The Labute approximate surface area is 147 Å². The third kappa shape index (κ3) is 3.46. The molecule has 2 aromatic rings. The monoisotopic (exact) mass is 371 g/mol.